The number of carbonyl (C=O) groups is 2. The molecule has 0 aliphatic carbocycles. The summed E-state index contributed by atoms with van der Waals surface area (Å²) >= 11 is 0. The minimum atomic E-state index is -0.531. The number of hydrogen-bond acceptors (Lipinski definition) is 5. The summed E-state index contributed by atoms with van der Waals surface area (Å²) in [6.45, 7) is 5.49. The van der Waals surface area contributed by atoms with Crippen LogP contribution < -0.4 is 4.74 Å². The maximum Gasteiger partial charge on any atom is 0.355 e. The molecule has 0 amide bonds. The van der Waals surface area contributed by atoms with E-state index in [9.17, 15) is 9.59 Å². The molecule has 0 saturated heterocycles. The molecular formula is C18H21NO5. The third-order valence-corrected chi connectivity index (χ3v) is 3.67. The lowest BCUT2D eigenvalue weighted by Crippen LogP contribution is -2.09. The van der Waals surface area contributed by atoms with Gasteiger partial charge < -0.3 is 19.2 Å². The molecule has 6 heteroatoms. The van der Waals surface area contributed by atoms with Gasteiger partial charge in [-0.3, -0.25) is 0 Å². The number of aromatic amines is 1. The molecule has 0 saturated carbocycles. The van der Waals surface area contributed by atoms with Gasteiger partial charge in [0.2, 0.25) is 0 Å². The van der Waals surface area contributed by atoms with E-state index in [1.165, 1.54) is 0 Å². The first-order valence-corrected chi connectivity index (χ1v) is 7.64. The summed E-state index contributed by atoms with van der Waals surface area (Å²) in [5, 5.41) is 0. The Labute approximate surface area is 140 Å². The van der Waals surface area contributed by atoms with Crippen molar-refractivity contribution in [2.24, 2.45) is 0 Å². The van der Waals surface area contributed by atoms with Crippen LogP contribution in [0, 0.1) is 13.8 Å². The maximum absolute atomic E-state index is 12.3. The number of hydrogen-bond donors (Lipinski definition) is 1. The number of ether oxygens (including phenoxy) is 3. The number of para-hydroxylation sites is 1. The number of carbonyl (C=O) groups excluding carboxylic acids is 2. The Balaban J connectivity index is 2.16. The van der Waals surface area contributed by atoms with Crippen LogP contribution in [0.4, 0.5) is 0 Å². The fraction of sp³-hybridized carbons (Fsp3) is 0.333. The van der Waals surface area contributed by atoms with Gasteiger partial charge in [0.15, 0.2) is 0 Å². The Morgan fingerprint density at radius 1 is 1.08 bits per heavy atom. The molecule has 128 valence electrons. The molecule has 0 bridgehead atoms. The molecule has 6 nitrogen and oxygen atoms in total. The Bertz CT molecular complexity index is 748. The van der Waals surface area contributed by atoms with E-state index in [4.69, 9.17) is 14.2 Å². The molecule has 0 spiro atoms. The molecule has 0 aliphatic heterocycles. The molecule has 24 heavy (non-hydrogen) atoms. The Hall–Kier alpha value is -2.76. The van der Waals surface area contributed by atoms with Crippen molar-refractivity contribution in [2.75, 3.05) is 13.7 Å². The van der Waals surface area contributed by atoms with Crippen molar-refractivity contribution in [2.45, 2.75) is 27.4 Å². The SMILES string of the molecule is CCOC(=O)c1c(C)[nH]c(C(=O)OCc2ccccc2OC)c1C. The van der Waals surface area contributed by atoms with E-state index >= 15 is 0 Å². The molecule has 0 fully saturated rings. The van der Waals surface area contributed by atoms with Crippen molar-refractivity contribution in [3.8, 4) is 5.75 Å². The number of aromatic nitrogens is 1. The Kier molecular flexibility index (Phi) is 5.63. The highest BCUT2D eigenvalue weighted by Gasteiger charge is 2.23. The van der Waals surface area contributed by atoms with Crippen molar-refractivity contribution in [3.05, 3.63) is 52.3 Å². The lowest BCUT2D eigenvalue weighted by molar-refractivity contribution is 0.0463. The normalized spacial score (nSPS) is 10.3. The van der Waals surface area contributed by atoms with Crippen LogP contribution in [-0.2, 0) is 16.1 Å². The van der Waals surface area contributed by atoms with Crippen LogP contribution in [0.3, 0.4) is 0 Å². The van der Waals surface area contributed by atoms with Gasteiger partial charge in [-0.15, -0.1) is 0 Å². The third kappa shape index (κ3) is 3.59. The summed E-state index contributed by atoms with van der Waals surface area (Å²) in [5.41, 5.74) is 2.50. The van der Waals surface area contributed by atoms with E-state index < -0.39 is 11.9 Å². The highest BCUT2D eigenvalue weighted by molar-refractivity contribution is 5.98. The molecule has 0 aliphatic rings. The topological polar surface area (TPSA) is 77.6 Å². The summed E-state index contributed by atoms with van der Waals surface area (Å²) in [6, 6.07) is 7.30. The fourth-order valence-electron chi connectivity index (χ4n) is 2.50. The smallest absolute Gasteiger partial charge is 0.355 e. The second-order valence-electron chi connectivity index (χ2n) is 5.23. The lowest BCUT2D eigenvalue weighted by Gasteiger charge is -2.09. The minimum Gasteiger partial charge on any atom is -0.496 e. The number of aryl methyl sites for hydroxylation is 1. The fourth-order valence-corrected chi connectivity index (χ4v) is 2.50. The number of nitrogens with one attached hydrogen (secondary N) is 1. The predicted octanol–water partition coefficient (Wildman–Crippen LogP) is 3.17. The molecule has 1 aromatic heterocycles. The third-order valence-electron chi connectivity index (χ3n) is 3.67. The number of rotatable bonds is 6. The summed E-state index contributed by atoms with van der Waals surface area (Å²) in [5.74, 6) is -0.332. The van der Waals surface area contributed by atoms with Gasteiger partial charge in [-0.1, -0.05) is 18.2 Å². The van der Waals surface area contributed by atoms with Gasteiger partial charge in [0.05, 0.1) is 19.3 Å². The van der Waals surface area contributed by atoms with Crippen molar-refractivity contribution < 1.29 is 23.8 Å². The highest BCUT2D eigenvalue weighted by atomic mass is 16.5. The zero-order valence-corrected chi connectivity index (χ0v) is 14.3. The van der Waals surface area contributed by atoms with E-state index in [1.54, 1.807) is 33.9 Å². The van der Waals surface area contributed by atoms with E-state index in [2.05, 4.69) is 4.98 Å². The van der Waals surface area contributed by atoms with Crippen LogP contribution in [0.5, 0.6) is 5.75 Å². The van der Waals surface area contributed by atoms with Gasteiger partial charge in [-0.2, -0.15) is 0 Å². The van der Waals surface area contributed by atoms with Gasteiger partial charge in [0.25, 0.3) is 0 Å². The van der Waals surface area contributed by atoms with Crippen molar-refractivity contribution in [1.29, 1.82) is 0 Å². The average molecular weight is 331 g/mol. The van der Waals surface area contributed by atoms with Gasteiger partial charge >= 0.3 is 11.9 Å². The van der Waals surface area contributed by atoms with Gasteiger partial charge in [-0.05, 0) is 32.4 Å². The Morgan fingerprint density at radius 3 is 2.46 bits per heavy atom. The monoisotopic (exact) mass is 331 g/mol. The molecule has 1 aromatic carbocycles. The van der Waals surface area contributed by atoms with E-state index in [1.807, 2.05) is 18.2 Å². The molecule has 1 heterocycles. The predicted molar refractivity (Wildman–Crippen MR) is 88.3 cm³/mol. The zero-order valence-electron chi connectivity index (χ0n) is 14.3. The van der Waals surface area contributed by atoms with E-state index in [0.29, 0.717) is 22.6 Å². The molecule has 0 atom stereocenters. The quantitative estimate of drug-likeness (QED) is 0.823. The number of H-pyrrole nitrogens is 1. The second-order valence-corrected chi connectivity index (χ2v) is 5.23. The number of esters is 2. The van der Waals surface area contributed by atoms with Gasteiger partial charge in [0, 0.05) is 11.3 Å². The van der Waals surface area contributed by atoms with E-state index in [-0.39, 0.29) is 18.9 Å². The largest absolute Gasteiger partial charge is 0.496 e. The van der Waals surface area contributed by atoms with Crippen LogP contribution in [0.1, 0.15) is 44.6 Å². The van der Waals surface area contributed by atoms with Crippen molar-refractivity contribution in [1.82, 2.24) is 4.98 Å². The molecule has 0 unspecified atom stereocenters. The first kappa shape index (κ1) is 17.6. The first-order valence-electron chi connectivity index (χ1n) is 7.64. The molecule has 1 N–H and O–H groups in total. The van der Waals surface area contributed by atoms with Crippen LogP contribution >= 0.6 is 0 Å². The highest BCUT2D eigenvalue weighted by Crippen LogP contribution is 2.22. The van der Waals surface area contributed by atoms with Crippen LogP contribution in [0.2, 0.25) is 0 Å². The molecule has 2 rings (SSSR count). The molecule has 2 aromatic rings. The standard InChI is InChI=1S/C18H21NO5/c1-5-23-17(20)15-11(2)16(19-12(15)3)18(21)24-10-13-8-6-7-9-14(13)22-4/h6-9,19H,5,10H2,1-4H3. The zero-order chi connectivity index (χ0) is 17.7. The van der Waals surface area contributed by atoms with Crippen LogP contribution in [0.25, 0.3) is 0 Å². The van der Waals surface area contributed by atoms with Crippen molar-refractivity contribution >= 4 is 11.9 Å². The molecular weight excluding hydrogens is 310 g/mol. The molecule has 0 radical (unpaired) electrons. The van der Waals surface area contributed by atoms with Crippen molar-refractivity contribution in [3.63, 3.8) is 0 Å². The van der Waals surface area contributed by atoms with Crippen LogP contribution in [-0.4, -0.2) is 30.6 Å². The maximum atomic E-state index is 12.3. The second kappa shape index (κ2) is 7.68. The Morgan fingerprint density at radius 2 is 1.79 bits per heavy atom. The first-order chi connectivity index (χ1) is 11.5. The summed E-state index contributed by atoms with van der Waals surface area (Å²) in [4.78, 5) is 27.2. The van der Waals surface area contributed by atoms with E-state index in [0.717, 1.165) is 5.56 Å². The number of methoxy groups -OCH3 is 1. The van der Waals surface area contributed by atoms with Gasteiger partial charge in [-0.25, -0.2) is 9.59 Å². The summed E-state index contributed by atoms with van der Waals surface area (Å²) in [7, 11) is 1.56. The lowest BCUT2D eigenvalue weighted by atomic mass is 10.1. The average Bonchev–Trinajstić information content (AvgIpc) is 2.87. The van der Waals surface area contributed by atoms with Crippen LogP contribution in [0.15, 0.2) is 24.3 Å². The van der Waals surface area contributed by atoms with Gasteiger partial charge in [0.1, 0.15) is 18.1 Å². The minimum absolute atomic E-state index is 0.0785. The summed E-state index contributed by atoms with van der Waals surface area (Å²) < 4.78 is 15.6. The summed E-state index contributed by atoms with van der Waals surface area (Å²) in [6.07, 6.45) is 0. The number of benzene rings is 1.